The summed E-state index contributed by atoms with van der Waals surface area (Å²) < 4.78 is 4.90. The number of hydrogen-bond donors (Lipinski definition) is 1. The van der Waals surface area contributed by atoms with Crippen LogP contribution in [0.1, 0.15) is 24.1 Å². The Hall–Kier alpha value is -2.21. The maximum Gasteiger partial charge on any atom is 0.326 e. The van der Waals surface area contributed by atoms with Gasteiger partial charge in [0, 0.05) is 13.1 Å². The summed E-state index contributed by atoms with van der Waals surface area (Å²) in [6, 6.07) is 7.27. The number of benzene rings is 1. The zero-order chi connectivity index (χ0) is 16.9. The van der Waals surface area contributed by atoms with Crippen LogP contribution in [-0.4, -0.2) is 42.4 Å². The minimum atomic E-state index is -1.22. The molecule has 0 aromatic heterocycles. The van der Waals surface area contributed by atoms with Crippen LogP contribution in [-0.2, 0) is 19.1 Å². The third-order valence-corrected chi connectivity index (χ3v) is 5.14. The quantitative estimate of drug-likeness (QED) is 0.645. The lowest BCUT2D eigenvalue weighted by Crippen LogP contribution is -2.53. The molecule has 2 amide bonds. The molecule has 3 rings (SSSR count). The van der Waals surface area contributed by atoms with E-state index in [1.807, 2.05) is 31.2 Å². The number of rotatable bonds is 2. The van der Waals surface area contributed by atoms with Crippen molar-refractivity contribution >= 4 is 17.8 Å². The molecule has 0 saturated carbocycles. The topological polar surface area (TPSA) is 75.7 Å². The highest BCUT2D eigenvalue weighted by Gasteiger charge is 2.66. The van der Waals surface area contributed by atoms with Crippen LogP contribution in [0, 0.1) is 18.8 Å². The number of amides is 2. The van der Waals surface area contributed by atoms with Gasteiger partial charge in [0.05, 0.1) is 18.9 Å². The summed E-state index contributed by atoms with van der Waals surface area (Å²) in [5.74, 6) is -2.47. The first-order chi connectivity index (χ1) is 10.8. The Kier molecular flexibility index (Phi) is 3.52. The van der Waals surface area contributed by atoms with Crippen molar-refractivity contribution in [2.24, 2.45) is 11.8 Å². The van der Waals surface area contributed by atoms with E-state index in [9.17, 15) is 14.4 Å². The average molecular weight is 316 g/mol. The van der Waals surface area contributed by atoms with E-state index in [-0.39, 0.29) is 11.8 Å². The van der Waals surface area contributed by atoms with E-state index in [0.717, 1.165) is 16.0 Å². The van der Waals surface area contributed by atoms with Gasteiger partial charge < -0.3 is 4.74 Å². The van der Waals surface area contributed by atoms with E-state index in [1.54, 1.807) is 6.92 Å². The molecule has 2 fully saturated rings. The molecule has 0 unspecified atom stereocenters. The van der Waals surface area contributed by atoms with Crippen LogP contribution in [0.4, 0.5) is 0 Å². The molecule has 2 aliphatic rings. The molecule has 0 spiro atoms. The van der Waals surface area contributed by atoms with Crippen molar-refractivity contribution in [3.05, 3.63) is 35.4 Å². The molecule has 1 aromatic carbocycles. The van der Waals surface area contributed by atoms with Crippen LogP contribution in [0.5, 0.6) is 0 Å². The Morgan fingerprint density at radius 1 is 1.26 bits per heavy atom. The zero-order valence-corrected chi connectivity index (χ0v) is 13.6. The minimum Gasteiger partial charge on any atom is -0.468 e. The smallest absolute Gasteiger partial charge is 0.326 e. The van der Waals surface area contributed by atoms with Crippen LogP contribution in [0.25, 0.3) is 0 Å². The number of esters is 1. The summed E-state index contributed by atoms with van der Waals surface area (Å²) in [6.07, 6.45) is 0. The Bertz CT molecular complexity index is 702. The van der Waals surface area contributed by atoms with E-state index in [1.165, 1.54) is 14.2 Å². The number of methoxy groups -OCH3 is 1. The van der Waals surface area contributed by atoms with Crippen molar-refractivity contribution < 1.29 is 19.1 Å². The normalized spacial score (nSPS) is 33.0. The van der Waals surface area contributed by atoms with E-state index < -0.39 is 29.4 Å². The number of imide groups is 1. The second-order valence-corrected chi connectivity index (χ2v) is 6.41. The van der Waals surface area contributed by atoms with Gasteiger partial charge in [-0.2, -0.15) is 0 Å². The second-order valence-electron chi connectivity index (χ2n) is 6.41. The maximum absolute atomic E-state index is 12.6. The molecule has 4 atom stereocenters. The number of nitrogens with zero attached hydrogens (tertiary/aromatic N) is 1. The lowest BCUT2D eigenvalue weighted by molar-refractivity contribution is -0.152. The highest BCUT2D eigenvalue weighted by atomic mass is 16.5. The van der Waals surface area contributed by atoms with Crippen molar-refractivity contribution in [3.8, 4) is 0 Å². The number of carbonyl (C=O) groups is 3. The summed E-state index contributed by atoms with van der Waals surface area (Å²) in [7, 11) is 2.76. The zero-order valence-electron chi connectivity index (χ0n) is 13.6. The predicted octanol–water partition coefficient (Wildman–Crippen LogP) is 0.802. The number of carbonyl (C=O) groups excluding carboxylic acids is 3. The van der Waals surface area contributed by atoms with Crippen LogP contribution in [0.3, 0.4) is 0 Å². The summed E-state index contributed by atoms with van der Waals surface area (Å²) >= 11 is 0. The van der Waals surface area contributed by atoms with E-state index in [2.05, 4.69) is 5.32 Å². The highest BCUT2D eigenvalue weighted by Crippen LogP contribution is 2.49. The fourth-order valence-corrected chi connectivity index (χ4v) is 3.89. The molecule has 6 nitrogen and oxygen atoms in total. The monoisotopic (exact) mass is 316 g/mol. The third kappa shape index (κ3) is 2.01. The van der Waals surface area contributed by atoms with Gasteiger partial charge in [-0.15, -0.1) is 0 Å². The molecule has 1 aromatic rings. The van der Waals surface area contributed by atoms with Crippen LogP contribution >= 0.6 is 0 Å². The molecule has 2 aliphatic heterocycles. The van der Waals surface area contributed by atoms with E-state index in [0.29, 0.717) is 0 Å². The fourth-order valence-electron chi connectivity index (χ4n) is 3.89. The number of nitrogens with one attached hydrogen (secondary N) is 1. The van der Waals surface area contributed by atoms with Crippen LogP contribution < -0.4 is 5.32 Å². The van der Waals surface area contributed by atoms with Gasteiger partial charge in [0.2, 0.25) is 11.8 Å². The van der Waals surface area contributed by atoms with Crippen LogP contribution in [0.15, 0.2) is 24.3 Å². The first kappa shape index (κ1) is 15.7. The molecule has 0 bridgehead atoms. The van der Waals surface area contributed by atoms with Crippen molar-refractivity contribution in [3.63, 3.8) is 0 Å². The number of hydrogen-bond acceptors (Lipinski definition) is 5. The lowest BCUT2D eigenvalue weighted by atomic mass is 9.80. The first-order valence-corrected chi connectivity index (χ1v) is 7.56. The van der Waals surface area contributed by atoms with Crippen molar-refractivity contribution in [2.75, 3.05) is 14.2 Å². The van der Waals surface area contributed by atoms with Crippen molar-refractivity contribution in [1.82, 2.24) is 10.2 Å². The van der Waals surface area contributed by atoms with E-state index >= 15 is 0 Å². The van der Waals surface area contributed by atoms with Gasteiger partial charge >= 0.3 is 5.97 Å². The summed E-state index contributed by atoms with van der Waals surface area (Å²) in [4.78, 5) is 38.6. The summed E-state index contributed by atoms with van der Waals surface area (Å²) in [6.45, 7) is 3.59. The molecule has 6 heteroatoms. The summed E-state index contributed by atoms with van der Waals surface area (Å²) in [5.41, 5.74) is 0.711. The molecular formula is C17H20N2O4. The molecule has 0 aliphatic carbocycles. The van der Waals surface area contributed by atoms with Gasteiger partial charge in [-0.25, -0.2) is 0 Å². The number of likely N-dealkylation sites (tertiary alicyclic amines) is 1. The maximum atomic E-state index is 12.6. The van der Waals surface area contributed by atoms with Gasteiger partial charge in [-0.3, -0.25) is 24.6 Å². The highest BCUT2D eigenvalue weighted by molar-refractivity contribution is 6.09. The Balaban J connectivity index is 2.14. The third-order valence-electron chi connectivity index (χ3n) is 5.14. The Labute approximate surface area is 134 Å². The average Bonchev–Trinajstić information content (AvgIpc) is 2.97. The van der Waals surface area contributed by atoms with Gasteiger partial charge in [-0.05, 0) is 25.0 Å². The predicted molar refractivity (Wildman–Crippen MR) is 82.2 cm³/mol. The lowest BCUT2D eigenvalue weighted by Gasteiger charge is -2.28. The SMILES string of the molecule is COC(=O)[C@@]1(C)N[C@H](c2ccccc2C)[C@H]2C(=O)N(C)C(=O)[C@H]21. The fraction of sp³-hybridized carbons (Fsp3) is 0.471. The van der Waals surface area contributed by atoms with Gasteiger partial charge in [0.15, 0.2) is 0 Å². The van der Waals surface area contributed by atoms with Crippen molar-refractivity contribution in [1.29, 1.82) is 0 Å². The number of fused-ring (bicyclic) bond motifs is 1. The summed E-state index contributed by atoms with van der Waals surface area (Å²) in [5, 5.41) is 3.22. The van der Waals surface area contributed by atoms with E-state index in [4.69, 9.17) is 4.74 Å². The molecule has 0 radical (unpaired) electrons. The molecule has 1 N–H and O–H groups in total. The van der Waals surface area contributed by atoms with Crippen molar-refractivity contribution in [2.45, 2.75) is 25.4 Å². The molecule has 2 saturated heterocycles. The molecule has 2 heterocycles. The minimum absolute atomic E-state index is 0.256. The molecular weight excluding hydrogens is 296 g/mol. The van der Waals surface area contributed by atoms with Gasteiger partial charge in [0.1, 0.15) is 5.54 Å². The van der Waals surface area contributed by atoms with Gasteiger partial charge in [0.25, 0.3) is 0 Å². The molecule has 23 heavy (non-hydrogen) atoms. The van der Waals surface area contributed by atoms with Gasteiger partial charge in [-0.1, -0.05) is 24.3 Å². The number of aryl methyl sites for hydroxylation is 1. The Morgan fingerprint density at radius 3 is 2.52 bits per heavy atom. The first-order valence-electron chi connectivity index (χ1n) is 7.56. The molecule has 122 valence electrons. The largest absolute Gasteiger partial charge is 0.468 e. The Morgan fingerprint density at radius 2 is 1.91 bits per heavy atom. The van der Waals surface area contributed by atoms with Crippen LogP contribution in [0.2, 0.25) is 0 Å². The standard InChI is InChI=1S/C17H20N2O4/c1-9-7-5-6-8-10(9)13-11-12(15(21)19(3)14(11)20)17(2,18-13)16(22)23-4/h5-8,11-13,18H,1-4H3/t11-,12-,13+,17-/m0/s1. The second kappa shape index (κ2) is 5.16. The number of ether oxygens (including phenoxy) is 1.